The summed E-state index contributed by atoms with van der Waals surface area (Å²) < 4.78 is 32.0. The number of thiazole rings is 1. The summed E-state index contributed by atoms with van der Waals surface area (Å²) in [5.41, 5.74) is 3.56. The van der Waals surface area contributed by atoms with Gasteiger partial charge >= 0.3 is 5.97 Å². The highest BCUT2D eigenvalue weighted by Gasteiger charge is 2.35. The van der Waals surface area contributed by atoms with E-state index in [1.54, 1.807) is 57.4 Å². The van der Waals surface area contributed by atoms with Crippen molar-refractivity contribution in [2.24, 2.45) is 4.99 Å². The number of carbonyl (C=O) groups is 1. The largest absolute Gasteiger partial charge is 0.497 e. The summed E-state index contributed by atoms with van der Waals surface area (Å²) in [5.74, 6) is 0.158. The van der Waals surface area contributed by atoms with Crippen LogP contribution in [0.4, 0.5) is 10.1 Å². The predicted molar refractivity (Wildman–Crippen MR) is 163 cm³/mol. The number of benzene rings is 2. The maximum atomic E-state index is 14.0. The highest BCUT2D eigenvalue weighted by Crippen LogP contribution is 2.37. The van der Waals surface area contributed by atoms with Gasteiger partial charge in [-0.25, -0.2) is 14.2 Å². The third kappa shape index (κ3) is 5.94. The van der Waals surface area contributed by atoms with Gasteiger partial charge in [-0.1, -0.05) is 17.4 Å². The first-order valence-electron chi connectivity index (χ1n) is 13.4. The number of ether oxygens (including phenoxy) is 3. The Labute approximate surface area is 248 Å². The third-order valence-electron chi connectivity index (χ3n) is 6.94. The van der Waals surface area contributed by atoms with Crippen LogP contribution in [0.3, 0.4) is 0 Å². The smallest absolute Gasteiger partial charge is 0.338 e. The summed E-state index contributed by atoms with van der Waals surface area (Å²) >= 11 is 1.23. The molecule has 2 heterocycles. The van der Waals surface area contributed by atoms with Crippen molar-refractivity contribution in [3.05, 3.63) is 108 Å². The van der Waals surface area contributed by atoms with E-state index in [9.17, 15) is 14.0 Å². The molecule has 4 rings (SSSR count). The second-order valence-electron chi connectivity index (χ2n) is 9.48. The molecule has 0 saturated carbocycles. The lowest BCUT2D eigenvalue weighted by molar-refractivity contribution is -0.139. The summed E-state index contributed by atoms with van der Waals surface area (Å²) in [6, 6.07) is 10.7. The SMILES string of the molecule is C/C=C(\C)N(/C(C)=C\C=c1/sc2n(c1=O)[C@@H](c1ccc(OC)cc1OC)C(C(=O)OCC)=C(C)N=2)c1ccc(F)cc1. The fourth-order valence-corrected chi connectivity index (χ4v) is 5.81. The van der Waals surface area contributed by atoms with Crippen LogP contribution < -0.4 is 29.3 Å². The second kappa shape index (κ2) is 13.0. The highest BCUT2D eigenvalue weighted by molar-refractivity contribution is 7.07. The number of anilines is 1. The standard InChI is InChI=1S/C32H34FN3O5S/c1-8-19(3)35(23-13-11-22(33)12-14-23)20(4)10-17-27-30(37)36-29(25-16-15-24(39-6)18-26(25)40-7)28(31(38)41-9-2)21(5)34-32(36)42-27/h8,10-18,29H,9H2,1-7H3/b19-8+,20-10-,27-17-/t29-/m0/s1. The van der Waals surface area contributed by atoms with Gasteiger partial charge in [0, 0.05) is 28.7 Å². The van der Waals surface area contributed by atoms with Gasteiger partial charge < -0.3 is 19.1 Å². The number of nitrogens with zero attached hydrogens (tertiary/aromatic N) is 3. The fourth-order valence-electron chi connectivity index (χ4n) is 4.82. The first kappa shape index (κ1) is 30.5. The van der Waals surface area contributed by atoms with Gasteiger partial charge in [-0.15, -0.1) is 0 Å². The van der Waals surface area contributed by atoms with Crippen molar-refractivity contribution < 1.29 is 23.4 Å². The van der Waals surface area contributed by atoms with Crippen LogP contribution in [-0.4, -0.2) is 31.4 Å². The van der Waals surface area contributed by atoms with Gasteiger partial charge in [0.2, 0.25) is 0 Å². The molecule has 8 nitrogen and oxygen atoms in total. The number of esters is 1. The Balaban J connectivity index is 1.90. The molecule has 1 aromatic heterocycles. The van der Waals surface area contributed by atoms with Gasteiger partial charge in [-0.3, -0.25) is 9.36 Å². The van der Waals surface area contributed by atoms with Crippen molar-refractivity contribution in [3.8, 4) is 11.5 Å². The maximum absolute atomic E-state index is 14.0. The molecule has 1 aliphatic rings. The molecule has 0 fully saturated rings. The summed E-state index contributed by atoms with van der Waals surface area (Å²) in [6.45, 7) is 9.43. The Kier molecular flexibility index (Phi) is 9.47. The van der Waals surface area contributed by atoms with Crippen molar-refractivity contribution in [1.29, 1.82) is 0 Å². The third-order valence-corrected chi connectivity index (χ3v) is 7.94. The summed E-state index contributed by atoms with van der Waals surface area (Å²) in [7, 11) is 3.08. The zero-order valence-corrected chi connectivity index (χ0v) is 25.5. The predicted octanol–water partition coefficient (Wildman–Crippen LogP) is 5.24. The Morgan fingerprint density at radius 2 is 1.83 bits per heavy atom. The molecule has 42 heavy (non-hydrogen) atoms. The summed E-state index contributed by atoms with van der Waals surface area (Å²) in [6.07, 6.45) is 5.53. The summed E-state index contributed by atoms with van der Waals surface area (Å²) in [5, 5.41) is 0. The summed E-state index contributed by atoms with van der Waals surface area (Å²) in [4.78, 5) is 34.2. The Hall–Kier alpha value is -4.44. The first-order valence-corrected chi connectivity index (χ1v) is 14.2. The molecular weight excluding hydrogens is 557 g/mol. The molecule has 1 atom stereocenters. The number of aromatic nitrogens is 1. The van der Waals surface area contributed by atoms with E-state index in [2.05, 4.69) is 4.99 Å². The van der Waals surface area contributed by atoms with E-state index in [0.29, 0.717) is 32.1 Å². The number of carbonyl (C=O) groups excluding carboxylic acids is 1. The highest BCUT2D eigenvalue weighted by atomic mass is 32.1. The second-order valence-corrected chi connectivity index (χ2v) is 10.5. The Morgan fingerprint density at radius 1 is 1.12 bits per heavy atom. The average molecular weight is 592 g/mol. The normalized spacial score (nSPS) is 15.7. The van der Waals surface area contributed by atoms with E-state index >= 15 is 0 Å². The lowest BCUT2D eigenvalue weighted by Crippen LogP contribution is -2.40. The van der Waals surface area contributed by atoms with Gasteiger partial charge in [0.1, 0.15) is 23.4 Å². The van der Waals surface area contributed by atoms with E-state index in [1.165, 1.54) is 35.1 Å². The van der Waals surface area contributed by atoms with E-state index in [-0.39, 0.29) is 23.6 Å². The molecule has 0 aliphatic carbocycles. The zero-order chi connectivity index (χ0) is 30.6. The number of halogens is 1. The number of fused-ring (bicyclic) bond motifs is 1. The van der Waals surface area contributed by atoms with Crippen LogP contribution in [0.1, 0.15) is 46.2 Å². The molecule has 0 saturated heterocycles. The van der Waals surface area contributed by atoms with E-state index in [1.807, 2.05) is 37.8 Å². The maximum Gasteiger partial charge on any atom is 0.338 e. The van der Waals surface area contributed by atoms with Crippen LogP contribution in [0, 0.1) is 5.82 Å². The number of rotatable bonds is 9. The quantitative estimate of drug-likeness (QED) is 0.317. The molecule has 0 bridgehead atoms. The number of hydrogen-bond acceptors (Lipinski definition) is 8. The van der Waals surface area contributed by atoms with Crippen LogP contribution >= 0.6 is 11.3 Å². The van der Waals surface area contributed by atoms with E-state index < -0.39 is 12.0 Å². The van der Waals surface area contributed by atoms with Crippen molar-refractivity contribution in [2.45, 2.75) is 40.7 Å². The van der Waals surface area contributed by atoms with Gasteiger partial charge in [0.05, 0.1) is 36.6 Å². The molecule has 2 aromatic carbocycles. The van der Waals surface area contributed by atoms with Gasteiger partial charge in [0.15, 0.2) is 4.80 Å². The van der Waals surface area contributed by atoms with Crippen LogP contribution in [0.15, 0.2) is 87.1 Å². The molecule has 0 radical (unpaired) electrons. The van der Waals surface area contributed by atoms with Crippen LogP contribution in [-0.2, 0) is 9.53 Å². The molecule has 10 heteroatoms. The van der Waals surface area contributed by atoms with Crippen molar-refractivity contribution >= 4 is 29.1 Å². The average Bonchev–Trinajstić information content (AvgIpc) is 3.30. The molecule has 3 aromatic rings. The van der Waals surface area contributed by atoms with Crippen molar-refractivity contribution in [2.75, 3.05) is 25.7 Å². The topological polar surface area (TPSA) is 82.4 Å². The first-order chi connectivity index (χ1) is 20.1. The monoisotopic (exact) mass is 591 g/mol. The minimum absolute atomic E-state index is 0.173. The minimum atomic E-state index is -0.825. The minimum Gasteiger partial charge on any atom is -0.497 e. The van der Waals surface area contributed by atoms with E-state index in [4.69, 9.17) is 14.2 Å². The molecule has 0 unspecified atom stereocenters. The molecule has 220 valence electrons. The van der Waals surface area contributed by atoms with Crippen molar-refractivity contribution in [1.82, 2.24) is 4.57 Å². The molecule has 0 amide bonds. The number of hydrogen-bond donors (Lipinski definition) is 0. The van der Waals surface area contributed by atoms with Gasteiger partial charge in [-0.2, -0.15) is 0 Å². The van der Waals surface area contributed by atoms with Crippen LogP contribution in [0.5, 0.6) is 11.5 Å². The Morgan fingerprint density at radius 3 is 2.45 bits per heavy atom. The molecular formula is C32H34FN3O5S. The lowest BCUT2D eigenvalue weighted by atomic mass is 9.95. The van der Waals surface area contributed by atoms with Gasteiger partial charge in [-0.05, 0) is 83.2 Å². The zero-order valence-electron chi connectivity index (χ0n) is 24.7. The van der Waals surface area contributed by atoms with Gasteiger partial charge in [0.25, 0.3) is 5.56 Å². The number of methoxy groups -OCH3 is 2. The van der Waals surface area contributed by atoms with Crippen LogP contribution in [0.2, 0.25) is 0 Å². The number of allylic oxidation sites excluding steroid dienone is 5. The fraction of sp³-hybridized carbons (Fsp3) is 0.281. The van der Waals surface area contributed by atoms with Crippen molar-refractivity contribution in [3.63, 3.8) is 0 Å². The molecule has 1 aliphatic heterocycles. The lowest BCUT2D eigenvalue weighted by Gasteiger charge is -2.26. The van der Waals surface area contributed by atoms with Crippen LogP contribution in [0.25, 0.3) is 6.08 Å². The Bertz CT molecular complexity index is 1770. The van der Waals surface area contributed by atoms with E-state index in [0.717, 1.165) is 17.1 Å². The molecule has 0 spiro atoms. The molecule has 0 N–H and O–H groups in total.